The molecule has 24 heavy (non-hydrogen) atoms. The van der Waals surface area contributed by atoms with Gasteiger partial charge in [0.2, 0.25) is 0 Å². The Morgan fingerprint density at radius 1 is 1.08 bits per heavy atom. The zero-order valence-corrected chi connectivity index (χ0v) is 14.2. The number of anilines is 1. The van der Waals surface area contributed by atoms with Crippen molar-refractivity contribution in [3.63, 3.8) is 0 Å². The second-order valence-electron chi connectivity index (χ2n) is 5.11. The van der Waals surface area contributed by atoms with Gasteiger partial charge < -0.3 is 10.2 Å². The molecule has 0 aliphatic rings. The van der Waals surface area contributed by atoms with Gasteiger partial charge in [0.05, 0.1) is 16.1 Å². The van der Waals surface area contributed by atoms with Gasteiger partial charge in [-0.05, 0) is 44.2 Å². The molecule has 0 unspecified atom stereocenters. The minimum Gasteiger partial charge on any atom is -0.339 e. The van der Waals surface area contributed by atoms with Crippen LogP contribution in [0.2, 0.25) is 5.02 Å². The first-order valence-corrected chi connectivity index (χ1v) is 8.00. The lowest BCUT2D eigenvalue weighted by atomic mass is 10.1. The van der Waals surface area contributed by atoms with E-state index in [1.807, 2.05) is 13.8 Å². The van der Waals surface area contributed by atoms with Crippen LogP contribution in [0, 0.1) is 5.82 Å². The highest BCUT2D eigenvalue weighted by Gasteiger charge is 2.17. The van der Waals surface area contributed by atoms with Crippen molar-refractivity contribution in [2.45, 2.75) is 13.8 Å². The van der Waals surface area contributed by atoms with E-state index in [1.165, 1.54) is 24.3 Å². The average molecular weight is 349 g/mol. The first-order valence-electron chi connectivity index (χ1n) is 7.62. The molecule has 0 aliphatic carbocycles. The monoisotopic (exact) mass is 348 g/mol. The van der Waals surface area contributed by atoms with E-state index in [0.717, 1.165) is 0 Å². The summed E-state index contributed by atoms with van der Waals surface area (Å²) in [6, 6.07) is 10.3. The number of hydrogen-bond donors (Lipinski definition) is 1. The molecule has 0 saturated heterocycles. The van der Waals surface area contributed by atoms with Crippen molar-refractivity contribution in [2.24, 2.45) is 0 Å². The number of nitrogens with zero attached hydrogens (tertiary/aromatic N) is 1. The lowest BCUT2D eigenvalue weighted by Gasteiger charge is -2.19. The summed E-state index contributed by atoms with van der Waals surface area (Å²) in [5.74, 6) is -1.35. The topological polar surface area (TPSA) is 49.4 Å². The van der Waals surface area contributed by atoms with E-state index in [0.29, 0.717) is 24.3 Å². The molecule has 126 valence electrons. The van der Waals surface area contributed by atoms with Crippen molar-refractivity contribution in [1.29, 1.82) is 0 Å². The number of amides is 2. The van der Waals surface area contributed by atoms with Gasteiger partial charge in [-0.3, -0.25) is 9.59 Å². The van der Waals surface area contributed by atoms with Crippen molar-refractivity contribution in [1.82, 2.24) is 4.90 Å². The van der Waals surface area contributed by atoms with Crippen LogP contribution in [0.4, 0.5) is 10.1 Å². The van der Waals surface area contributed by atoms with E-state index in [1.54, 1.807) is 23.1 Å². The number of nitrogens with one attached hydrogen (secondary N) is 1. The molecule has 0 bridgehead atoms. The summed E-state index contributed by atoms with van der Waals surface area (Å²) in [5.41, 5.74) is 0.700. The summed E-state index contributed by atoms with van der Waals surface area (Å²) in [6.07, 6.45) is 0. The van der Waals surface area contributed by atoms with Crippen molar-refractivity contribution < 1.29 is 14.0 Å². The van der Waals surface area contributed by atoms with Gasteiger partial charge in [0.25, 0.3) is 11.8 Å². The molecule has 0 spiro atoms. The largest absolute Gasteiger partial charge is 0.339 e. The van der Waals surface area contributed by atoms with Gasteiger partial charge in [0, 0.05) is 18.8 Å². The minimum atomic E-state index is -0.602. The van der Waals surface area contributed by atoms with Crippen LogP contribution in [0.3, 0.4) is 0 Å². The van der Waals surface area contributed by atoms with Crippen molar-refractivity contribution in [3.8, 4) is 0 Å². The van der Waals surface area contributed by atoms with Crippen LogP contribution in [0.15, 0.2) is 42.5 Å². The molecule has 1 N–H and O–H groups in total. The molecule has 2 aromatic carbocycles. The zero-order valence-electron chi connectivity index (χ0n) is 13.5. The third-order valence-electron chi connectivity index (χ3n) is 3.63. The SMILES string of the molecule is CCN(CC)C(=O)c1ccc(NC(=O)c2ccccc2F)cc1Cl. The number of rotatable bonds is 5. The van der Waals surface area contributed by atoms with Gasteiger partial charge in [-0.25, -0.2) is 4.39 Å². The van der Waals surface area contributed by atoms with E-state index in [2.05, 4.69) is 5.32 Å². The number of hydrogen-bond acceptors (Lipinski definition) is 2. The molecule has 2 rings (SSSR count). The van der Waals surface area contributed by atoms with Crippen LogP contribution >= 0.6 is 11.6 Å². The van der Waals surface area contributed by atoms with Crippen LogP contribution in [0.5, 0.6) is 0 Å². The fraction of sp³-hybridized carbons (Fsp3) is 0.222. The van der Waals surface area contributed by atoms with Gasteiger partial charge in [0.15, 0.2) is 0 Å². The second-order valence-corrected chi connectivity index (χ2v) is 5.51. The smallest absolute Gasteiger partial charge is 0.258 e. The number of carbonyl (C=O) groups is 2. The fourth-order valence-electron chi connectivity index (χ4n) is 2.29. The lowest BCUT2D eigenvalue weighted by Crippen LogP contribution is -2.30. The summed E-state index contributed by atoms with van der Waals surface area (Å²) in [6.45, 7) is 4.94. The molecule has 2 amide bonds. The Bertz CT molecular complexity index is 760. The second kappa shape index (κ2) is 7.93. The number of carbonyl (C=O) groups excluding carboxylic acids is 2. The molecular formula is C18H18ClFN2O2. The Morgan fingerprint density at radius 2 is 1.75 bits per heavy atom. The molecule has 4 nitrogen and oxygen atoms in total. The summed E-state index contributed by atoms with van der Waals surface area (Å²) in [5, 5.41) is 2.81. The molecule has 0 heterocycles. The van der Waals surface area contributed by atoms with Crippen LogP contribution in [0.25, 0.3) is 0 Å². The summed E-state index contributed by atoms with van der Waals surface area (Å²) < 4.78 is 13.6. The molecule has 0 atom stereocenters. The lowest BCUT2D eigenvalue weighted by molar-refractivity contribution is 0.0773. The molecule has 0 saturated carbocycles. The highest BCUT2D eigenvalue weighted by atomic mass is 35.5. The highest BCUT2D eigenvalue weighted by Crippen LogP contribution is 2.23. The quantitative estimate of drug-likeness (QED) is 0.879. The van der Waals surface area contributed by atoms with Crippen LogP contribution in [0.1, 0.15) is 34.6 Å². The molecule has 0 fully saturated rings. The van der Waals surface area contributed by atoms with Gasteiger partial charge >= 0.3 is 0 Å². The Balaban J connectivity index is 2.20. The predicted octanol–water partition coefficient (Wildman–Crippen LogP) is 4.21. The molecular weight excluding hydrogens is 331 g/mol. The third kappa shape index (κ3) is 3.92. The van der Waals surface area contributed by atoms with Gasteiger partial charge in [-0.1, -0.05) is 23.7 Å². The van der Waals surface area contributed by atoms with Crippen molar-refractivity contribution >= 4 is 29.1 Å². The Morgan fingerprint density at radius 3 is 2.33 bits per heavy atom. The molecule has 2 aromatic rings. The highest BCUT2D eigenvalue weighted by molar-refractivity contribution is 6.34. The third-order valence-corrected chi connectivity index (χ3v) is 3.94. The standard InChI is InChI=1S/C18H18ClFN2O2/c1-3-22(4-2)18(24)13-10-9-12(11-15(13)19)21-17(23)14-7-5-6-8-16(14)20/h5-11H,3-4H2,1-2H3,(H,21,23). The van der Waals surface area contributed by atoms with Crippen LogP contribution < -0.4 is 5.32 Å². The minimum absolute atomic E-state index is 0.0584. The van der Waals surface area contributed by atoms with Gasteiger partial charge in [-0.15, -0.1) is 0 Å². The summed E-state index contributed by atoms with van der Waals surface area (Å²) >= 11 is 6.17. The maximum absolute atomic E-state index is 13.6. The molecule has 0 aliphatic heterocycles. The maximum atomic E-state index is 13.6. The van der Waals surface area contributed by atoms with Crippen LogP contribution in [-0.4, -0.2) is 29.8 Å². The molecule has 0 radical (unpaired) electrons. The maximum Gasteiger partial charge on any atom is 0.258 e. The summed E-state index contributed by atoms with van der Waals surface area (Å²) in [4.78, 5) is 26.1. The fourth-order valence-corrected chi connectivity index (χ4v) is 2.55. The zero-order chi connectivity index (χ0) is 17.7. The molecule has 0 aromatic heterocycles. The van der Waals surface area contributed by atoms with E-state index in [-0.39, 0.29) is 16.5 Å². The first-order chi connectivity index (χ1) is 11.5. The van der Waals surface area contributed by atoms with E-state index in [4.69, 9.17) is 11.6 Å². The predicted molar refractivity (Wildman–Crippen MR) is 93.1 cm³/mol. The van der Waals surface area contributed by atoms with Crippen molar-refractivity contribution in [2.75, 3.05) is 18.4 Å². The number of halogens is 2. The average Bonchev–Trinajstić information content (AvgIpc) is 2.56. The first kappa shape index (κ1) is 17.9. The van der Waals surface area contributed by atoms with E-state index in [9.17, 15) is 14.0 Å². The number of benzene rings is 2. The Kier molecular flexibility index (Phi) is 5.93. The van der Waals surface area contributed by atoms with Gasteiger partial charge in [-0.2, -0.15) is 0 Å². The molecule has 6 heteroatoms. The van der Waals surface area contributed by atoms with E-state index >= 15 is 0 Å². The van der Waals surface area contributed by atoms with Crippen molar-refractivity contribution in [3.05, 3.63) is 64.4 Å². The normalized spacial score (nSPS) is 10.3. The summed E-state index contributed by atoms with van der Waals surface area (Å²) in [7, 11) is 0. The van der Waals surface area contributed by atoms with Gasteiger partial charge in [0.1, 0.15) is 5.82 Å². The Hall–Kier alpha value is -2.40. The Labute approximate surface area is 145 Å². The van der Waals surface area contributed by atoms with E-state index < -0.39 is 11.7 Å². The van der Waals surface area contributed by atoms with Crippen LogP contribution in [-0.2, 0) is 0 Å².